The molecular formula is C24H39N3O4S. The van der Waals surface area contributed by atoms with Crippen molar-refractivity contribution in [2.75, 3.05) is 19.1 Å². The third-order valence-corrected chi connectivity index (χ3v) is 5.12. The molecule has 0 radical (unpaired) electrons. The summed E-state index contributed by atoms with van der Waals surface area (Å²) in [6.07, 6.45) is 1.70. The van der Waals surface area contributed by atoms with Crippen molar-refractivity contribution in [3.05, 3.63) is 35.4 Å². The molecule has 3 amide bonds. The van der Waals surface area contributed by atoms with Gasteiger partial charge in [0.1, 0.15) is 17.7 Å². The highest BCUT2D eigenvalue weighted by molar-refractivity contribution is 7.98. The number of nitrogens with zero attached hydrogens (tertiary/aromatic N) is 1. The van der Waals surface area contributed by atoms with E-state index >= 15 is 0 Å². The van der Waals surface area contributed by atoms with Crippen LogP contribution >= 0.6 is 11.8 Å². The third kappa shape index (κ3) is 9.51. The van der Waals surface area contributed by atoms with Crippen molar-refractivity contribution in [2.45, 2.75) is 78.1 Å². The molecule has 0 heterocycles. The number of likely N-dealkylation sites (N-methyl/N-ethyl adjacent to an activating group) is 1. The topological polar surface area (TPSA) is 87.7 Å². The fourth-order valence-electron chi connectivity index (χ4n) is 3.05. The van der Waals surface area contributed by atoms with E-state index in [0.29, 0.717) is 17.7 Å². The number of amides is 3. The molecule has 0 fully saturated rings. The van der Waals surface area contributed by atoms with Gasteiger partial charge in [-0.05, 0) is 72.5 Å². The molecule has 0 aliphatic rings. The number of rotatable bonds is 8. The van der Waals surface area contributed by atoms with Crippen molar-refractivity contribution >= 4 is 29.7 Å². The van der Waals surface area contributed by atoms with E-state index in [9.17, 15) is 14.4 Å². The smallest absolute Gasteiger partial charge is 0.408 e. The summed E-state index contributed by atoms with van der Waals surface area (Å²) in [6.45, 7) is 12.9. The van der Waals surface area contributed by atoms with Crippen LogP contribution in [0.15, 0.2) is 24.3 Å². The van der Waals surface area contributed by atoms with E-state index < -0.39 is 29.3 Å². The van der Waals surface area contributed by atoms with Gasteiger partial charge in [-0.25, -0.2) is 4.79 Å². The molecule has 180 valence electrons. The largest absolute Gasteiger partial charge is 0.444 e. The Balaban J connectivity index is 3.22. The van der Waals surface area contributed by atoms with Gasteiger partial charge in [0.25, 0.3) is 0 Å². The molecule has 0 aliphatic heterocycles. The number of hydrogen-bond acceptors (Lipinski definition) is 5. The summed E-state index contributed by atoms with van der Waals surface area (Å²) in [7, 11) is 1.60. The lowest BCUT2D eigenvalue weighted by Crippen LogP contribution is -2.53. The minimum absolute atomic E-state index is 0.280. The highest BCUT2D eigenvalue weighted by Gasteiger charge is 2.35. The highest BCUT2D eigenvalue weighted by atomic mass is 32.2. The number of nitrogens with one attached hydrogen (secondary N) is 2. The van der Waals surface area contributed by atoms with Crippen LogP contribution in [0.1, 0.15) is 65.1 Å². The van der Waals surface area contributed by atoms with E-state index in [4.69, 9.17) is 4.74 Å². The van der Waals surface area contributed by atoms with Gasteiger partial charge in [-0.15, -0.1) is 0 Å². The van der Waals surface area contributed by atoms with Crippen LogP contribution in [0.4, 0.5) is 4.79 Å². The summed E-state index contributed by atoms with van der Waals surface area (Å²) >= 11 is 1.58. The predicted octanol–water partition coefficient (Wildman–Crippen LogP) is 4.06. The van der Waals surface area contributed by atoms with Gasteiger partial charge in [0, 0.05) is 12.6 Å². The van der Waals surface area contributed by atoms with E-state index in [1.54, 1.807) is 39.6 Å². The van der Waals surface area contributed by atoms with Crippen LogP contribution in [-0.4, -0.2) is 59.0 Å². The minimum Gasteiger partial charge on any atom is -0.444 e. The van der Waals surface area contributed by atoms with Crippen molar-refractivity contribution in [3.63, 3.8) is 0 Å². The SMILES string of the molecule is CSCCC(NC(=O)OC(C)(C)C)C(=O)N(C)C(C(=O)NC(C)(C)C)c1ccc(C)cc1. The maximum absolute atomic E-state index is 13.5. The number of alkyl carbamates (subject to hydrolysis) is 1. The van der Waals surface area contributed by atoms with Gasteiger partial charge in [-0.2, -0.15) is 11.8 Å². The van der Waals surface area contributed by atoms with E-state index in [1.165, 1.54) is 4.90 Å². The lowest BCUT2D eigenvalue weighted by molar-refractivity contribution is -0.141. The first-order chi connectivity index (χ1) is 14.6. The molecule has 0 spiro atoms. The fraction of sp³-hybridized carbons (Fsp3) is 0.625. The molecule has 7 nitrogen and oxygen atoms in total. The first-order valence-electron chi connectivity index (χ1n) is 10.8. The van der Waals surface area contributed by atoms with E-state index in [1.807, 2.05) is 58.2 Å². The summed E-state index contributed by atoms with van der Waals surface area (Å²) in [5, 5.41) is 5.67. The van der Waals surface area contributed by atoms with Crippen molar-refractivity contribution in [1.82, 2.24) is 15.5 Å². The Morgan fingerprint density at radius 1 is 1.06 bits per heavy atom. The van der Waals surface area contributed by atoms with Gasteiger partial charge in [0.05, 0.1) is 0 Å². The molecule has 0 aliphatic carbocycles. The Morgan fingerprint density at radius 2 is 1.62 bits per heavy atom. The van der Waals surface area contributed by atoms with Crippen LogP contribution in [0.25, 0.3) is 0 Å². The van der Waals surface area contributed by atoms with E-state index in [-0.39, 0.29) is 11.8 Å². The zero-order valence-electron chi connectivity index (χ0n) is 20.9. The normalized spacial score (nSPS) is 13.7. The Labute approximate surface area is 197 Å². The van der Waals surface area contributed by atoms with Gasteiger partial charge < -0.3 is 20.3 Å². The van der Waals surface area contributed by atoms with Crippen LogP contribution in [0.2, 0.25) is 0 Å². The summed E-state index contributed by atoms with van der Waals surface area (Å²) < 4.78 is 5.34. The maximum atomic E-state index is 13.5. The quantitative estimate of drug-likeness (QED) is 0.605. The Morgan fingerprint density at radius 3 is 2.09 bits per heavy atom. The van der Waals surface area contributed by atoms with Crippen molar-refractivity contribution in [3.8, 4) is 0 Å². The fourth-order valence-corrected chi connectivity index (χ4v) is 3.52. The van der Waals surface area contributed by atoms with Crippen molar-refractivity contribution in [2.24, 2.45) is 0 Å². The summed E-state index contributed by atoms with van der Waals surface area (Å²) in [4.78, 5) is 40.5. The van der Waals surface area contributed by atoms with Crippen LogP contribution < -0.4 is 10.6 Å². The first-order valence-corrected chi connectivity index (χ1v) is 12.2. The zero-order valence-corrected chi connectivity index (χ0v) is 21.7. The molecule has 0 saturated heterocycles. The molecule has 2 atom stereocenters. The number of ether oxygens (including phenoxy) is 1. The van der Waals surface area contributed by atoms with Crippen LogP contribution in [0.5, 0.6) is 0 Å². The zero-order chi connectivity index (χ0) is 24.7. The Bertz CT molecular complexity index is 782. The minimum atomic E-state index is -0.834. The first kappa shape index (κ1) is 27.8. The molecule has 0 aromatic heterocycles. The van der Waals surface area contributed by atoms with Gasteiger partial charge in [0.15, 0.2) is 0 Å². The average Bonchev–Trinajstić information content (AvgIpc) is 2.63. The van der Waals surface area contributed by atoms with Crippen molar-refractivity contribution < 1.29 is 19.1 Å². The molecule has 2 N–H and O–H groups in total. The number of benzene rings is 1. The molecule has 32 heavy (non-hydrogen) atoms. The Kier molecular flexibility index (Phi) is 10.1. The molecule has 1 aromatic rings. The van der Waals surface area contributed by atoms with Crippen LogP contribution in [-0.2, 0) is 14.3 Å². The van der Waals surface area contributed by atoms with Crippen LogP contribution in [0, 0.1) is 6.92 Å². The molecule has 0 bridgehead atoms. The van der Waals surface area contributed by atoms with Gasteiger partial charge in [-0.3, -0.25) is 9.59 Å². The molecular weight excluding hydrogens is 426 g/mol. The molecule has 1 aromatic carbocycles. The Hall–Kier alpha value is -2.22. The standard InChI is InChI=1S/C24H39N3O4S/c1-16-10-12-17(13-11-16)19(20(28)26-23(2,3)4)27(8)21(29)18(14-15-32-9)25-22(30)31-24(5,6)7/h10-13,18-19H,14-15H2,1-9H3,(H,25,30)(H,26,28). The molecule has 8 heteroatoms. The van der Waals surface area contributed by atoms with E-state index in [0.717, 1.165) is 5.56 Å². The monoisotopic (exact) mass is 465 g/mol. The molecule has 2 unspecified atom stereocenters. The molecule has 1 rings (SSSR count). The lowest BCUT2D eigenvalue weighted by atomic mass is 10.00. The lowest BCUT2D eigenvalue weighted by Gasteiger charge is -2.33. The third-order valence-electron chi connectivity index (χ3n) is 4.47. The number of hydrogen-bond donors (Lipinski definition) is 2. The second-order valence-electron chi connectivity index (χ2n) is 9.98. The summed E-state index contributed by atoms with van der Waals surface area (Å²) in [5.41, 5.74) is 0.619. The van der Waals surface area contributed by atoms with Gasteiger partial charge >= 0.3 is 6.09 Å². The number of carbonyl (C=O) groups excluding carboxylic acids is 3. The predicted molar refractivity (Wildman–Crippen MR) is 131 cm³/mol. The second kappa shape index (κ2) is 11.6. The van der Waals surface area contributed by atoms with Gasteiger partial charge in [-0.1, -0.05) is 29.8 Å². The van der Waals surface area contributed by atoms with Crippen molar-refractivity contribution in [1.29, 1.82) is 0 Å². The molecule has 0 saturated carbocycles. The number of thioether (sulfide) groups is 1. The summed E-state index contributed by atoms with van der Waals surface area (Å²) in [6, 6.07) is 5.89. The van der Waals surface area contributed by atoms with E-state index in [2.05, 4.69) is 10.6 Å². The average molecular weight is 466 g/mol. The number of aryl methyl sites for hydroxylation is 1. The highest BCUT2D eigenvalue weighted by Crippen LogP contribution is 2.23. The van der Waals surface area contributed by atoms with Crippen LogP contribution in [0.3, 0.4) is 0 Å². The number of carbonyl (C=O) groups is 3. The second-order valence-corrected chi connectivity index (χ2v) is 11.0. The van der Waals surface area contributed by atoms with Gasteiger partial charge in [0.2, 0.25) is 11.8 Å². The summed E-state index contributed by atoms with van der Waals surface area (Å²) in [5.74, 6) is 0.0429. The maximum Gasteiger partial charge on any atom is 0.408 e.